The zero-order chi connectivity index (χ0) is 15.7. The van der Waals surface area contributed by atoms with Crippen molar-refractivity contribution in [3.63, 3.8) is 0 Å². The number of carboxylic acid groups (broad SMARTS) is 1. The Morgan fingerprint density at radius 3 is 2.67 bits per heavy atom. The molecule has 1 amide bonds. The smallest absolute Gasteiger partial charge is 0.308 e. The highest BCUT2D eigenvalue weighted by Gasteiger charge is 2.33. The number of aryl methyl sites for hydroxylation is 1. The highest BCUT2D eigenvalue weighted by Crippen LogP contribution is 2.25. The van der Waals surface area contributed by atoms with Crippen LogP contribution < -0.4 is 0 Å². The Labute approximate surface area is 119 Å². The number of likely N-dealkylation sites (tertiary alicyclic amines) is 1. The molecule has 7 nitrogen and oxygen atoms in total. The van der Waals surface area contributed by atoms with E-state index in [1.165, 1.54) is 11.8 Å². The van der Waals surface area contributed by atoms with Crippen molar-refractivity contribution in [3.8, 4) is 0 Å². The number of benzene rings is 1. The molecule has 2 rings (SSSR count). The number of amides is 1. The van der Waals surface area contributed by atoms with E-state index in [0.29, 0.717) is 0 Å². The Bertz CT molecular complexity index is 631. The summed E-state index contributed by atoms with van der Waals surface area (Å²) in [5.74, 6) is -3.23. The average Bonchev–Trinajstić information content (AvgIpc) is 2.90. The van der Waals surface area contributed by atoms with Gasteiger partial charge in [0.15, 0.2) is 0 Å². The molecule has 1 saturated heterocycles. The van der Waals surface area contributed by atoms with Gasteiger partial charge in [0.1, 0.15) is 5.82 Å². The van der Waals surface area contributed by atoms with Crippen molar-refractivity contribution in [3.05, 3.63) is 39.2 Å². The molecular weight excluding hydrogens is 283 g/mol. The largest absolute Gasteiger partial charge is 0.481 e. The lowest BCUT2D eigenvalue weighted by molar-refractivity contribution is -0.385. The summed E-state index contributed by atoms with van der Waals surface area (Å²) in [4.78, 5) is 34.4. The molecule has 21 heavy (non-hydrogen) atoms. The molecular formula is C13H13FN2O5. The standard InChI is InChI=1S/C13H13FN2O5/c1-7-4-9(16(20)21)5-10(11(7)14)12(17)15-3-2-8(6-15)13(18)19/h4-5,8H,2-3,6H2,1H3,(H,18,19). The van der Waals surface area contributed by atoms with E-state index in [9.17, 15) is 24.1 Å². The lowest BCUT2D eigenvalue weighted by Crippen LogP contribution is -2.30. The molecule has 0 radical (unpaired) electrons. The normalized spacial score (nSPS) is 17.8. The molecule has 0 aromatic heterocycles. The Morgan fingerprint density at radius 1 is 1.48 bits per heavy atom. The number of hydrogen-bond acceptors (Lipinski definition) is 4. The first-order valence-corrected chi connectivity index (χ1v) is 6.28. The second-order valence-corrected chi connectivity index (χ2v) is 4.96. The zero-order valence-corrected chi connectivity index (χ0v) is 11.2. The minimum atomic E-state index is -1.01. The monoisotopic (exact) mass is 296 g/mol. The molecule has 1 aliphatic heterocycles. The van der Waals surface area contributed by atoms with Crippen molar-refractivity contribution in [2.45, 2.75) is 13.3 Å². The van der Waals surface area contributed by atoms with Crippen LogP contribution in [0.15, 0.2) is 12.1 Å². The van der Waals surface area contributed by atoms with Gasteiger partial charge in [0, 0.05) is 25.2 Å². The van der Waals surface area contributed by atoms with E-state index in [0.717, 1.165) is 12.1 Å². The van der Waals surface area contributed by atoms with Gasteiger partial charge in [-0.1, -0.05) is 0 Å². The molecule has 8 heteroatoms. The van der Waals surface area contributed by atoms with Crippen molar-refractivity contribution >= 4 is 17.6 Å². The van der Waals surface area contributed by atoms with Gasteiger partial charge in [-0.05, 0) is 18.9 Å². The summed E-state index contributed by atoms with van der Waals surface area (Å²) >= 11 is 0. The van der Waals surface area contributed by atoms with Crippen molar-refractivity contribution in [2.24, 2.45) is 5.92 Å². The fraction of sp³-hybridized carbons (Fsp3) is 0.385. The van der Waals surface area contributed by atoms with Crippen LogP contribution in [0.3, 0.4) is 0 Å². The first kappa shape index (κ1) is 14.9. The molecule has 1 heterocycles. The number of hydrogen-bond donors (Lipinski definition) is 1. The summed E-state index contributed by atoms with van der Waals surface area (Å²) < 4.78 is 14.0. The van der Waals surface area contributed by atoms with Crippen molar-refractivity contribution in [1.29, 1.82) is 0 Å². The number of non-ortho nitro benzene ring substituents is 1. The summed E-state index contributed by atoms with van der Waals surface area (Å²) in [5, 5.41) is 19.7. The fourth-order valence-corrected chi connectivity index (χ4v) is 2.33. The second kappa shape index (κ2) is 5.47. The molecule has 1 aliphatic rings. The molecule has 0 bridgehead atoms. The van der Waals surface area contributed by atoms with Gasteiger partial charge < -0.3 is 10.0 Å². The topological polar surface area (TPSA) is 101 Å². The van der Waals surface area contributed by atoms with Crippen LogP contribution in [0.1, 0.15) is 22.3 Å². The van der Waals surface area contributed by atoms with Crippen LogP contribution >= 0.6 is 0 Å². The average molecular weight is 296 g/mol. The maximum absolute atomic E-state index is 14.0. The van der Waals surface area contributed by atoms with Crippen molar-refractivity contribution < 1.29 is 24.0 Å². The number of halogens is 1. The van der Waals surface area contributed by atoms with E-state index < -0.39 is 34.1 Å². The molecule has 0 aliphatic carbocycles. The number of carboxylic acids is 1. The predicted octanol–water partition coefficient (Wildman–Crippen LogP) is 1.59. The number of nitro benzene ring substituents is 1. The van der Waals surface area contributed by atoms with Crippen molar-refractivity contribution in [1.82, 2.24) is 4.90 Å². The van der Waals surface area contributed by atoms with E-state index in [1.54, 1.807) is 0 Å². The van der Waals surface area contributed by atoms with Gasteiger partial charge in [-0.25, -0.2) is 4.39 Å². The summed E-state index contributed by atoms with van der Waals surface area (Å²) in [6.45, 7) is 1.51. The lowest BCUT2D eigenvalue weighted by atomic mass is 10.1. The maximum atomic E-state index is 14.0. The fourth-order valence-electron chi connectivity index (χ4n) is 2.33. The third-order valence-electron chi connectivity index (χ3n) is 3.51. The van der Waals surface area contributed by atoms with Crippen LogP contribution in [0, 0.1) is 28.8 Å². The second-order valence-electron chi connectivity index (χ2n) is 4.96. The number of carbonyl (C=O) groups excluding carboxylic acids is 1. The van der Waals surface area contributed by atoms with Gasteiger partial charge in [0.25, 0.3) is 11.6 Å². The van der Waals surface area contributed by atoms with E-state index >= 15 is 0 Å². The van der Waals surface area contributed by atoms with Crippen LogP contribution in [0.5, 0.6) is 0 Å². The summed E-state index contributed by atoms with van der Waals surface area (Å²) in [5.41, 5.74) is -0.763. The number of aliphatic carboxylic acids is 1. The minimum Gasteiger partial charge on any atom is -0.481 e. The van der Waals surface area contributed by atoms with E-state index in [4.69, 9.17) is 5.11 Å². The SMILES string of the molecule is Cc1cc([N+](=O)[O-])cc(C(=O)N2CCC(C(=O)O)C2)c1F. The molecule has 1 unspecified atom stereocenters. The van der Waals surface area contributed by atoms with E-state index in [2.05, 4.69) is 0 Å². The maximum Gasteiger partial charge on any atom is 0.308 e. The third-order valence-corrected chi connectivity index (χ3v) is 3.51. The molecule has 1 atom stereocenters. The molecule has 0 saturated carbocycles. The van der Waals surface area contributed by atoms with Crippen LogP contribution in [-0.2, 0) is 4.79 Å². The minimum absolute atomic E-state index is 0.00142. The van der Waals surface area contributed by atoms with Gasteiger partial charge in [-0.3, -0.25) is 19.7 Å². The van der Waals surface area contributed by atoms with E-state index in [-0.39, 0.29) is 30.8 Å². The van der Waals surface area contributed by atoms with Gasteiger partial charge in [-0.15, -0.1) is 0 Å². The highest BCUT2D eigenvalue weighted by atomic mass is 19.1. The first-order valence-electron chi connectivity index (χ1n) is 6.28. The molecule has 112 valence electrons. The van der Waals surface area contributed by atoms with E-state index in [1.807, 2.05) is 0 Å². The summed E-state index contributed by atoms with van der Waals surface area (Å²) in [7, 11) is 0. The number of carbonyl (C=O) groups is 2. The molecule has 1 aromatic rings. The van der Waals surface area contributed by atoms with Gasteiger partial charge >= 0.3 is 5.97 Å². The van der Waals surface area contributed by atoms with Crippen LogP contribution in [0.2, 0.25) is 0 Å². The predicted molar refractivity (Wildman–Crippen MR) is 69.4 cm³/mol. The van der Waals surface area contributed by atoms with Gasteiger partial charge in [0.2, 0.25) is 0 Å². The van der Waals surface area contributed by atoms with Crippen molar-refractivity contribution in [2.75, 3.05) is 13.1 Å². The molecule has 1 aromatic carbocycles. The Kier molecular flexibility index (Phi) is 3.88. The Balaban J connectivity index is 2.31. The Hall–Kier alpha value is -2.51. The number of nitrogens with zero attached hydrogens (tertiary/aromatic N) is 2. The van der Waals surface area contributed by atoms with Gasteiger partial charge in [-0.2, -0.15) is 0 Å². The highest BCUT2D eigenvalue weighted by molar-refractivity contribution is 5.96. The van der Waals surface area contributed by atoms with Crippen LogP contribution in [-0.4, -0.2) is 39.9 Å². The molecule has 1 N–H and O–H groups in total. The Morgan fingerprint density at radius 2 is 2.14 bits per heavy atom. The van der Waals surface area contributed by atoms with Crippen LogP contribution in [0.25, 0.3) is 0 Å². The third kappa shape index (κ3) is 2.83. The molecule has 0 spiro atoms. The zero-order valence-electron chi connectivity index (χ0n) is 11.2. The first-order chi connectivity index (χ1) is 9.81. The van der Waals surface area contributed by atoms with Gasteiger partial charge in [0.05, 0.1) is 16.4 Å². The van der Waals surface area contributed by atoms with Crippen LogP contribution in [0.4, 0.5) is 10.1 Å². The number of nitro groups is 1. The molecule has 1 fully saturated rings. The number of rotatable bonds is 3. The summed E-state index contributed by atoms with van der Waals surface area (Å²) in [6, 6.07) is 1.94. The lowest BCUT2D eigenvalue weighted by Gasteiger charge is -2.16. The summed E-state index contributed by atoms with van der Waals surface area (Å²) in [6.07, 6.45) is 0.288. The quantitative estimate of drug-likeness (QED) is 0.674.